The second-order valence-electron chi connectivity index (χ2n) is 2.16. The van der Waals surface area contributed by atoms with Crippen molar-refractivity contribution in [1.29, 1.82) is 0 Å². The van der Waals surface area contributed by atoms with Gasteiger partial charge in [0.1, 0.15) is 10.7 Å². The summed E-state index contributed by atoms with van der Waals surface area (Å²) in [5.41, 5.74) is 0.925. The molecule has 0 aliphatic heterocycles. The third-order valence-corrected chi connectivity index (χ3v) is 3.61. The Morgan fingerprint density at radius 1 is 1.58 bits per heavy atom. The molecule has 12 heavy (non-hydrogen) atoms. The van der Waals surface area contributed by atoms with Gasteiger partial charge in [-0.1, -0.05) is 23.4 Å². The molecule has 2 heterocycles. The SMILES string of the molecule is CSc1nc2cnc(Cl)cc2s1. The fourth-order valence-corrected chi connectivity index (χ4v) is 2.59. The monoisotopic (exact) mass is 216 g/mol. The molecular formula is C7H5ClN2S2. The quantitative estimate of drug-likeness (QED) is 0.541. The number of aromatic nitrogens is 2. The van der Waals surface area contributed by atoms with Gasteiger partial charge in [0.25, 0.3) is 0 Å². The Morgan fingerprint density at radius 3 is 3.17 bits per heavy atom. The topological polar surface area (TPSA) is 25.8 Å². The predicted octanol–water partition coefficient (Wildman–Crippen LogP) is 3.07. The number of rotatable bonds is 1. The summed E-state index contributed by atoms with van der Waals surface area (Å²) in [6.45, 7) is 0. The van der Waals surface area contributed by atoms with E-state index in [4.69, 9.17) is 11.6 Å². The van der Waals surface area contributed by atoms with E-state index in [1.807, 2.05) is 12.3 Å². The highest BCUT2D eigenvalue weighted by Crippen LogP contribution is 2.28. The number of pyridine rings is 1. The van der Waals surface area contributed by atoms with Crippen LogP contribution < -0.4 is 0 Å². The molecule has 2 aromatic heterocycles. The number of hydrogen-bond donors (Lipinski definition) is 0. The molecule has 2 nitrogen and oxygen atoms in total. The van der Waals surface area contributed by atoms with Crippen LogP contribution in [0.4, 0.5) is 0 Å². The van der Waals surface area contributed by atoms with Gasteiger partial charge in [0, 0.05) is 0 Å². The first-order valence-electron chi connectivity index (χ1n) is 3.25. The Bertz CT molecular complexity index is 413. The smallest absolute Gasteiger partial charge is 0.150 e. The molecule has 0 saturated heterocycles. The molecule has 2 rings (SSSR count). The largest absolute Gasteiger partial charge is 0.242 e. The summed E-state index contributed by atoms with van der Waals surface area (Å²) in [7, 11) is 0. The molecule has 2 aromatic rings. The van der Waals surface area contributed by atoms with Gasteiger partial charge in [-0.2, -0.15) is 0 Å². The van der Waals surface area contributed by atoms with Crippen LogP contribution in [0.1, 0.15) is 0 Å². The van der Waals surface area contributed by atoms with Crippen LogP contribution in [0.25, 0.3) is 10.2 Å². The van der Waals surface area contributed by atoms with Crippen molar-refractivity contribution in [2.45, 2.75) is 4.34 Å². The third-order valence-electron chi connectivity index (χ3n) is 1.40. The highest BCUT2D eigenvalue weighted by atomic mass is 35.5. The van der Waals surface area contributed by atoms with Crippen LogP contribution in [0.2, 0.25) is 5.15 Å². The van der Waals surface area contributed by atoms with Crippen LogP contribution in [0.3, 0.4) is 0 Å². The lowest BCUT2D eigenvalue weighted by molar-refractivity contribution is 1.27. The summed E-state index contributed by atoms with van der Waals surface area (Å²) in [6.07, 6.45) is 3.71. The minimum Gasteiger partial charge on any atom is -0.242 e. The average molecular weight is 217 g/mol. The van der Waals surface area contributed by atoms with Gasteiger partial charge < -0.3 is 0 Å². The minimum absolute atomic E-state index is 0.527. The summed E-state index contributed by atoms with van der Waals surface area (Å²) in [6, 6.07) is 1.84. The maximum Gasteiger partial charge on any atom is 0.150 e. The Labute approximate surface area is 83.0 Å². The molecule has 0 unspecified atom stereocenters. The lowest BCUT2D eigenvalue weighted by Crippen LogP contribution is -1.73. The first-order chi connectivity index (χ1) is 5.79. The molecule has 0 N–H and O–H groups in total. The highest BCUT2D eigenvalue weighted by Gasteiger charge is 2.02. The molecule has 0 amide bonds. The van der Waals surface area contributed by atoms with Gasteiger partial charge in [-0.15, -0.1) is 11.3 Å². The lowest BCUT2D eigenvalue weighted by Gasteiger charge is -1.85. The molecular weight excluding hydrogens is 212 g/mol. The average Bonchev–Trinajstić information content (AvgIpc) is 2.46. The van der Waals surface area contributed by atoms with Crippen LogP contribution in [0, 0.1) is 0 Å². The second-order valence-corrected chi connectivity index (χ2v) is 4.63. The Balaban J connectivity index is 2.67. The van der Waals surface area contributed by atoms with E-state index in [1.165, 1.54) is 0 Å². The van der Waals surface area contributed by atoms with Gasteiger partial charge in [0.2, 0.25) is 0 Å². The Hall–Kier alpha value is -0.320. The van der Waals surface area contributed by atoms with Gasteiger partial charge >= 0.3 is 0 Å². The van der Waals surface area contributed by atoms with E-state index in [9.17, 15) is 0 Å². The van der Waals surface area contributed by atoms with Crippen LogP contribution >= 0.6 is 34.7 Å². The number of hydrogen-bond acceptors (Lipinski definition) is 4. The highest BCUT2D eigenvalue weighted by molar-refractivity contribution is 8.00. The molecule has 0 saturated carbocycles. The predicted molar refractivity (Wildman–Crippen MR) is 54.2 cm³/mol. The van der Waals surface area contributed by atoms with Crippen molar-refractivity contribution in [3.8, 4) is 0 Å². The van der Waals surface area contributed by atoms with Crippen LogP contribution in [0.5, 0.6) is 0 Å². The molecule has 0 atom stereocenters. The van der Waals surface area contributed by atoms with Crippen molar-refractivity contribution in [3.63, 3.8) is 0 Å². The zero-order chi connectivity index (χ0) is 8.55. The van der Waals surface area contributed by atoms with Gasteiger partial charge in [-0.25, -0.2) is 9.97 Å². The molecule has 5 heteroatoms. The van der Waals surface area contributed by atoms with E-state index in [0.29, 0.717) is 5.15 Å². The van der Waals surface area contributed by atoms with Crippen LogP contribution in [-0.2, 0) is 0 Å². The van der Waals surface area contributed by atoms with Crippen molar-refractivity contribution in [1.82, 2.24) is 9.97 Å². The molecule has 0 aromatic carbocycles. The van der Waals surface area contributed by atoms with E-state index >= 15 is 0 Å². The molecule has 0 aliphatic carbocycles. The fourth-order valence-electron chi connectivity index (χ4n) is 0.874. The summed E-state index contributed by atoms with van der Waals surface area (Å²) in [5.74, 6) is 0. The lowest BCUT2D eigenvalue weighted by atomic mass is 10.5. The number of thioether (sulfide) groups is 1. The van der Waals surface area contributed by atoms with Crippen molar-refractivity contribution < 1.29 is 0 Å². The number of thiazole rings is 1. The third kappa shape index (κ3) is 1.42. The minimum atomic E-state index is 0.527. The van der Waals surface area contributed by atoms with E-state index < -0.39 is 0 Å². The van der Waals surface area contributed by atoms with E-state index in [0.717, 1.165) is 14.6 Å². The zero-order valence-corrected chi connectivity index (χ0v) is 8.63. The second kappa shape index (κ2) is 3.20. The zero-order valence-electron chi connectivity index (χ0n) is 6.24. The van der Waals surface area contributed by atoms with E-state index in [2.05, 4.69) is 9.97 Å². The summed E-state index contributed by atoms with van der Waals surface area (Å²) in [5, 5.41) is 0.527. The van der Waals surface area contributed by atoms with E-state index in [-0.39, 0.29) is 0 Å². The molecule has 0 bridgehead atoms. The number of nitrogens with zero attached hydrogens (tertiary/aromatic N) is 2. The van der Waals surface area contributed by atoms with Gasteiger partial charge in [-0.05, 0) is 12.3 Å². The normalized spacial score (nSPS) is 10.8. The first-order valence-corrected chi connectivity index (χ1v) is 5.67. The Kier molecular flexibility index (Phi) is 2.21. The molecule has 62 valence electrons. The van der Waals surface area contributed by atoms with Crippen molar-refractivity contribution in [3.05, 3.63) is 17.4 Å². The maximum atomic E-state index is 5.73. The Morgan fingerprint density at radius 2 is 2.42 bits per heavy atom. The molecule has 0 radical (unpaired) electrons. The van der Waals surface area contributed by atoms with Gasteiger partial charge in [0.05, 0.1) is 10.9 Å². The number of halogens is 1. The molecule has 0 spiro atoms. The van der Waals surface area contributed by atoms with Gasteiger partial charge in [0.15, 0.2) is 4.34 Å². The van der Waals surface area contributed by atoms with Crippen LogP contribution in [-0.4, -0.2) is 16.2 Å². The van der Waals surface area contributed by atoms with E-state index in [1.54, 1.807) is 29.3 Å². The standard InChI is InChI=1S/C7H5ClN2S2/c1-11-7-10-4-3-9-6(8)2-5(4)12-7/h2-3H,1H3. The summed E-state index contributed by atoms with van der Waals surface area (Å²) >= 11 is 9.01. The summed E-state index contributed by atoms with van der Waals surface area (Å²) < 4.78 is 2.15. The van der Waals surface area contributed by atoms with Crippen LogP contribution in [0.15, 0.2) is 16.6 Å². The van der Waals surface area contributed by atoms with Crippen molar-refractivity contribution in [2.75, 3.05) is 6.26 Å². The van der Waals surface area contributed by atoms with Crippen molar-refractivity contribution >= 4 is 44.9 Å². The molecule has 0 aliphatic rings. The first kappa shape index (κ1) is 8.29. The number of fused-ring (bicyclic) bond motifs is 1. The fraction of sp³-hybridized carbons (Fsp3) is 0.143. The maximum absolute atomic E-state index is 5.73. The summed E-state index contributed by atoms with van der Waals surface area (Å²) in [4.78, 5) is 8.29. The van der Waals surface area contributed by atoms with Gasteiger partial charge in [-0.3, -0.25) is 0 Å². The van der Waals surface area contributed by atoms with Crippen molar-refractivity contribution in [2.24, 2.45) is 0 Å². The molecule has 0 fully saturated rings.